The van der Waals surface area contributed by atoms with E-state index in [1.54, 1.807) is 5.57 Å². The summed E-state index contributed by atoms with van der Waals surface area (Å²) in [5, 5.41) is 4.44. The van der Waals surface area contributed by atoms with Crippen LogP contribution in [0, 0.1) is 6.92 Å². The van der Waals surface area contributed by atoms with Gasteiger partial charge in [-0.25, -0.2) is 0 Å². The molecule has 0 fully saturated rings. The molecule has 0 heterocycles. The third-order valence-electron chi connectivity index (χ3n) is 3.65. The minimum atomic E-state index is 0.368. The van der Waals surface area contributed by atoms with Gasteiger partial charge in [0.1, 0.15) is 0 Å². The van der Waals surface area contributed by atoms with Crippen LogP contribution in [0.3, 0.4) is 0 Å². The Morgan fingerprint density at radius 3 is 2.78 bits per heavy atom. The molecule has 0 amide bonds. The summed E-state index contributed by atoms with van der Waals surface area (Å²) < 4.78 is 0. The molecule has 0 saturated carbocycles. The fourth-order valence-corrected chi connectivity index (χ4v) is 2.96. The van der Waals surface area contributed by atoms with Gasteiger partial charge in [0.2, 0.25) is 0 Å². The molecule has 2 rings (SSSR count). The second-order valence-corrected chi connectivity index (χ2v) is 5.45. The second kappa shape index (κ2) is 6.40. The van der Waals surface area contributed by atoms with Gasteiger partial charge in [-0.2, -0.15) is 0 Å². The predicted molar refractivity (Wildman–Crippen MR) is 79.2 cm³/mol. The van der Waals surface area contributed by atoms with Crippen LogP contribution in [-0.2, 0) is 0 Å². The third kappa shape index (κ3) is 3.15. The molecule has 0 spiro atoms. The lowest BCUT2D eigenvalue weighted by atomic mass is 9.88. The van der Waals surface area contributed by atoms with Crippen LogP contribution in [0.25, 0.3) is 0 Å². The number of allylic oxidation sites excluding steroid dienone is 1. The molecule has 18 heavy (non-hydrogen) atoms. The number of hydrogen-bond acceptors (Lipinski definition) is 1. The zero-order valence-electron chi connectivity index (χ0n) is 11.3. The summed E-state index contributed by atoms with van der Waals surface area (Å²) in [5.74, 6) is 0. The SMILES string of the molecule is CCNC(C1=CCCCC1)c1ccc(Cl)cc1C. The Balaban J connectivity index is 2.31. The molecule has 1 aromatic carbocycles. The maximum Gasteiger partial charge on any atom is 0.0538 e. The maximum absolute atomic E-state index is 6.05. The molecule has 0 bridgehead atoms. The van der Waals surface area contributed by atoms with Crippen LogP contribution < -0.4 is 5.32 Å². The molecule has 1 aliphatic rings. The van der Waals surface area contributed by atoms with E-state index in [2.05, 4.69) is 37.4 Å². The Morgan fingerprint density at radius 1 is 1.33 bits per heavy atom. The molecular formula is C16H22ClN. The Kier molecular flexibility index (Phi) is 4.85. The summed E-state index contributed by atoms with van der Waals surface area (Å²) in [4.78, 5) is 0. The molecule has 1 aromatic rings. The van der Waals surface area contributed by atoms with E-state index in [-0.39, 0.29) is 0 Å². The number of likely N-dealkylation sites (N-methyl/N-ethyl adjacent to an activating group) is 1. The molecule has 1 atom stereocenters. The monoisotopic (exact) mass is 263 g/mol. The largest absolute Gasteiger partial charge is 0.307 e. The van der Waals surface area contributed by atoms with Gasteiger partial charge in [0.25, 0.3) is 0 Å². The summed E-state index contributed by atoms with van der Waals surface area (Å²) in [6.07, 6.45) is 7.52. The fourth-order valence-electron chi connectivity index (χ4n) is 2.73. The van der Waals surface area contributed by atoms with Crippen LogP contribution in [0.5, 0.6) is 0 Å². The van der Waals surface area contributed by atoms with Crippen molar-refractivity contribution in [1.82, 2.24) is 5.32 Å². The van der Waals surface area contributed by atoms with Gasteiger partial charge in [-0.05, 0) is 62.4 Å². The van der Waals surface area contributed by atoms with E-state index in [4.69, 9.17) is 11.6 Å². The van der Waals surface area contributed by atoms with Crippen molar-refractivity contribution < 1.29 is 0 Å². The zero-order valence-corrected chi connectivity index (χ0v) is 12.1. The van der Waals surface area contributed by atoms with E-state index in [9.17, 15) is 0 Å². The number of hydrogen-bond donors (Lipinski definition) is 1. The Bertz CT molecular complexity index is 437. The zero-order chi connectivity index (χ0) is 13.0. The van der Waals surface area contributed by atoms with Crippen LogP contribution >= 0.6 is 11.6 Å². The van der Waals surface area contributed by atoms with Crippen LogP contribution in [0.1, 0.15) is 49.8 Å². The van der Waals surface area contributed by atoms with Crippen molar-refractivity contribution in [3.8, 4) is 0 Å². The van der Waals surface area contributed by atoms with Crippen molar-refractivity contribution in [2.45, 2.75) is 45.6 Å². The normalized spacial score (nSPS) is 17.4. The molecule has 0 aromatic heterocycles. The van der Waals surface area contributed by atoms with Crippen LogP contribution in [0.4, 0.5) is 0 Å². The summed E-state index contributed by atoms with van der Waals surface area (Å²) in [6.45, 7) is 5.31. The van der Waals surface area contributed by atoms with Crippen molar-refractivity contribution in [3.63, 3.8) is 0 Å². The highest BCUT2D eigenvalue weighted by Crippen LogP contribution is 2.32. The van der Waals surface area contributed by atoms with Crippen molar-refractivity contribution in [1.29, 1.82) is 0 Å². The van der Waals surface area contributed by atoms with Gasteiger partial charge in [0, 0.05) is 5.02 Å². The molecular weight excluding hydrogens is 242 g/mol. The highest BCUT2D eigenvalue weighted by Gasteiger charge is 2.18. The maximum atomic E-state index is 6.05. The lowest BCUT2D eigenvalue weighted by Crippen LogP contribution is -2.24. The number of benzene rings is 1. The highest BCUT2D eigenvalue weighted by molar-refractivity contribution is 6.30. The molecule has 1 unspecified atom stereocenters. The van der Waals surface area contributed by atoms with E-state index in [1.807, 2.05) is 6.07 Å². The lowest BCUT2D eigenvalue weighted by Gasteiger charge is -2.26. The van der Waals surface area contributed by atoms with Gasteiger partial charge in [-0.1, -0.05) is 36.2 Å². The van der Waals surface area contributed by atoms with Gasteiger partial charge >= 0.3 is 0 Å². The molecule has 0 saturated heterocycles. The molecule has 0 radical (unpaired) electrons. The molecule has 2 heteroatoms. The molecule has 1 nitrogen and oxygen atoms in total. The number of halogens is 1. The summed E-state index contributed by atoms with van der Waals surface area (Å²) in [6, 6.07) is 6.59. The summed E-state index contributed by atoms with van der Waals surface area (Å²) in [5.41, 5.74) is 4.20. The molecule has 1 aliphatic carbocycles. The average Bonchev–Trinajstić information content (AvgIpc) is 2.38. The Hall–Kier alpha value is -0.790. The number of rotatable bonds is 4. The van der Waals surface area contributed by atoms with E-state index in [0.717, 1.165) is 11.6 Å². The minimum Gasteiger partial charge on any atom is -0.307 e. The first-order valence-corrected chi connectivity index (χ1v) is 7.28. The molecule has 0 aliphatic heterocycles. The fraction of sp³-hybridized carbons (Fsp3) is 0.500. The van der Waals surface area contributed by atoms with Gasteiger partial charge in [-0.15, -0.1) is 0 Å². The summed E-state index contributed by atoms with van der Waals surface area (Å²) in [7, 11) is 0. The van der Waals surface area contributed by atoms with Gasteiger partial charge in [0.05, 0.1) is 6.04 Å². The molecule has 98 valence electrons. The van der Waals surface area contributed by atoms with Crippen molar-refractivity contribution >= 4 is 11.6 Å². The minimum absolute atomic E-state index is 0.368. The smallest absolute Gasteiger partial charge is 0.0538 e. The van der Waals surface area contributed by atoms with Crippen molar-refractivity contribution in [3.05, 3.63) is 46.0 Å². The van der Waals surface area contributed by atoms with Crippen LogP contribution in [-0.4, -0.2) is 6.54 Å². The van der Waals surface area contributed by atoms with Gasteiger partial charge in [-0.3, -0.25) is 0 Å². The van der Waals surface area contributed by atoms with E-state index < -0.39 is 0 Å². The van der Waals surface area contributed by atoms with Crippen molar-refractivity contribution in [2.75, 3.05) is 6.54 Å². The predicted octanol–water partition coefficient (Wildman–Crippen LogP) is 4.80. The first-order chi connectivity index (χ1) is 8.72. The van der Waals surface area contributed by atoms with Crippen molar-refractivity contribution in [2.24, 2.45) is 0 Å². The Labute approximate surface area is 115 Å². The number of nitrogens with one attached hydrogen (secondary N) is 1. The topological polar surface area (TPSA) is 12.0 Å². The average molecular weight is 264 g/mol. The lowest BCUT2D eigenvalue weighted by molar-refractivity contribution is 0.562. The third-order valence-corrected chi connectivity index (χ3v) is 3.88. The van der Waals surface area contributed by atoms with Gasteiger partial charge < -0.3 is 5.32 Å². The quantitative estimate of drug-likeness (QED) is 0.770. The van der Waals surface area contributed by atoms with E-state index in [1.165, 1.54) is 36.8 Å². The van der Waals surface area contributed by atoms with E-state index >= 15 is 0 Å². The van der Waals surface area contributed by atoms with Crippen LogP contribution in [0.2, 0.25) is 5.02 Å². The van der Waals surface area contributed by atoms with Crippen LogP contribution in [0.15, 0.2) is 29.8 Å². The van der Waals surface area contributed by atoms with E-state index in [0.29, 0.717) is 6.04 Å². The first-order valence-electron chi connectivity index (χ1n) is 6.90. The summed E-state index contributed by atoms with van der Waals surface area (Å²) >= 11 is 6.05. The van der Waals surface area contributed by atoms with Gasteiger partial charge in [0.15, 0.2) is 0 Å². The second-order valence-electron chi connectivity index (χ2n) is 5.02. The molecule has 1 N–H and O–H groups in total. The highest BCUT2D eigenvalue weighted by atomic mass is 35.5. The Morgan fingerprint density at radius 2 is 2.17 bits per heavy atom. The first kappa shape index (κ1) is 13.6. The standard InChI is InChI=1S/C16H22ClN/c1-3-18-16(13-7-5-4-6-8-13)15-10-9-14(17)11-12(15)2/h7,9-11,16,18H,3-6,8H2,1-2H3. The number of aryl methyl sites for hydroxylation is 1.